The van der Waals surface area contributed by atoms with Crippen LogP contribution in [0.2, 0.25) is 0 Å². The van der Waals surface area contributed by atoms with E-state index in [1.54, 1.807) is 0 Å². The van der Waals surface area contributed by atoms with Crippen molar-refractivity contribution in [2.75, 3.05) is 20.2 Å². The van der Waals surface area contributed by atoms with Crippen LogP contribution < -0.4 is 5.32 Å². The van der Waals surface area contributed by atoms with Gasteiger partial charge in [0.2, 0.25) is 5.91 Å². The molecular formula is C27H34N2O5. The standard InChI is InChI=1S/C27H34N2O5/c1-19(26(31)32)29(2)25(30)16-6-4-3-5-11-17-28-27(33)34-18-24-22-14-9-7-12-20(22)21-13-8-10-15-23(21)24/h7-10,12-15,19,24H,3-6,11,16-18H2,1-2H3,(H,28,33)(H,31,32). The van der Waals surface area contributed by atoms with Crippen molar-refractivity contribution in [1.82, 2.24) is 10.2 Å². The van der Waals surface area contributed by atoms with Gasteiger partial charge in [0, 0.05) is 25.9 Å². The number of likely N-dealkylation sites (N-methyl/N-ethyl adjacent to an activating group) is 1. The zero-order valence-electron chi connectivity index (χ0n) is 20.0. The lowest BCUT2D eigenvalue weighted by molar-refractivity contribution is -0.148. The molecule has 2 N–H and O–H groups in total. The number of ether oxygens (including phenoxy) is 1. The Balaban J connectivity index is 1.29. The van der Waals surface area contributed by atoms with Gasteiger partial charge in [0.25, 0.3) is 0 Å². The lowest BCUT2D eigenvalue weighted by Crippen LogP contribution is -2.40. The lowest BCUT2D eigenvalue weighted by atomic mass is 9.98. The molecule has 0 bridgehead atoms. The molecule has 34 heavy (non-hydrogen) atoms. The number of fused-ring (bicyclic) bond motifs is 3. The number of alkyl carbamates (subject to hydrolysis) is 1. The second kappa shape index (κ2) is 12.2. The normalized spacial score (nSPS) is 13.0. The maximum Gasteiger partial charge on any atom is 0.407 e. The molecule has 2 aromatic carbocycles. The van der Waals surface area contributed by atoms with Crippen LogP contribution in [0, 0.1) is 0 Å². The van der Waals surface area contributed by atoms with E-state index in [2.05, 4.69) is 29.6 Å². The summed E-state index contributed by atoms with van der Waals surface area (Å²) in [6.45, 7) is 2.36. The van der Waals surface area contributed by atoms with Crippen molar-refractivity contribution in [2.24, 2.45) is 0 Å². The number of hydrogen-bond donors (Lipinski definition) is 2. The van der Waals surface area contributed by atoms with E-state index in [1.165, 1.54) is 41.1 Å². The van der Waals surface area contributed by atoms with Crippen LogP contribution in [0.5, 0.6) is 0 Å². The highest BCUT2D eigenvalue weighted by Gasteiger charge is 2.29. The highest BCUT2D eigenvalue weighted by molar-refractivity contribution is 5.83. The number of hydrogen-bond acceptors (Lipinski definition) is 4. The van der Waals surface area contributed by atoms with Gasteiger partial charge in [-0.1, -0.05) is 67.8 Å². The van der Waals surface area contributed by atoms with E-state index in [9.17, 15) is 14.4 Å². The number of aliphatic carboxylic acids is 1. The van der Waals surface area contributed by atoms with Gasteiger partial charge in [-0.15, -0.1) is 0 Å². The first-order chi connectivity index (χ1) is 16.4. The van der Waals surface area contributed by atoms with E-state index in [0.29, 0.717) is 19.6 Å². The summed E-state index contributed by atoms with van der Waals surface area (Å²) in [6.07, 6.45) is 4.32. The summed E-state index contributed by atoms with van der Waals surface area (Å²) in [7, 11) is 1.52. The molecule has 0 fully saturated rings. The maximum atomic E-state index is 12.2. The Bertz CT molecular complexity index is 961. The molecule has 2 amide bonds. The van der Waals surface area contributed by atoms with Crippen LogP contribution in [-0.4, -0.2) is 54.2 Å². The van der Waals surface area contributed by atoms with E-state index in [-0.39, 0.29) is 11.8 Å². The minimum absolute atomic E-state index is 0.0541. The van der Waals surface area contributed by atoms with Gasteiger partial charge in [-0.2, -0.15) is 0 Å². The number of rotatable bonds is 12. The van der Waals surface area contributed by atoms with E-state index < -0.39 is 18.1 Å². The number of nitrogens with one attached hydrogen (secondary N) is 1. The monoisotopic (exact) mass is 466 g/mol. The van der Waals surface area contributed by atoms with Crippen molar-refractivity contribution in [1.29, 1.82) is 0 Å². The van der Waals surface area contributed by atoms with E-state index in [1.807, 2.05) is 24.3 Å². The van der Waals surface area contributed by atoms with Gasteiger partial charge < -0.3 is 20.1 Å². The van der Waals surface area contributed by atoms with Crippen molar-refractivity contribution >= 4 is 18.0 Å². The molecule has 2 aromatic rings. The molecule has 0 saturated heterocycles. The summed E-state index contributed by atoms with van der Waals surface area (Å²) >= 11 is 0. The van der Waals surface area contributed by atoms with E-state index in [0.717, 1.165) is 32.1 Å². The Morgan fingerprint density at radius 3 is 2.12 bits per heavy atom. The van der Waals surface area contributed by atoms with Crippen LogP contribution in [0.1, 0.15) is 62.5 Å². The first kappa shape index (κ1) is 25.3. The highest BCUT2D eigenvalue weighted by atomic mass is 16.5. The Morgan fingerprint density at radius 2 is 1.50 bits per heavy atom. The third-order valence-electron chi connectivity index (χ3n) is 6.51. The second-order valence-corrected chi connectivity index (χ2v) is 8.79. The van der Waals surface area contributed by atoms with Gasteiger partial charge >= 0.3 is 12.1 Å². The van der Waals surface area contributed by atoms with Crippen LogP contribution in [-0.2, 0) is 14.3 Å². The van der Waals surface area contributed by atoms with Crippen molar-refractivity contribution in [3.8, 4) is 11.1 Å². The molecule has 0 aromatic heterocycles. The fourth-order valence-electron chi connectivity index (χ4n) is 4.33. The minimum Gasteiger partial charge on any atom is -0.480 e. The molecule has 1 aliphatic rings. The summed E-state index contributed by atoms with van der Waals surface area (Å²) < 4.78 is 5.54. The minimum atomic E-state index is -1.00. The number of carbonyl (C=O) groups is 3. The summed E-state index contributed by atoms with van der Waals surface area (Å²) in [5.74, 6) is -1.09. The average molecular weight is 467 g/mol. The molecular weight excluding hydrogens is 432 g/mol. The molecule has 1 unspecified atom stereocenters. The fourth-order valence-corrected chi connectivity index (χ4v) is 4.33. The summed E-state index contributed by atoms with van der Waals surface area (Å²) in [5, 5.41) is 11.8. The Morgan fingerprint density at radius 1 is 0.941 bits per heavy atom. The first-order valence-electron chi connectivity index (χ1n) is 12.0. The molecule has 1 atom stereocenters. The molecule has 0 saturated carbocycles. The van der Waals surface area contributed by atoms with Crippen molar-refractivity contribution in [3.63, 3.8) is 0 Å². The van der Waals surface area contributed by atoms with E-state index >= 15 is 0 Å². The quantitative estimate of drug-likeness (QED) is 0.438. The van der Waals surface area contributed by atoms with E-state index in [4.69, 9.17) is 9.84 Å². The molecule has 0 spiro atoms. The highest BCUT2D eigenvalue weighted by Crippen LogP contribution is 2.44. The third kappa shape index (κ3) is 6.37. The maximum absolute atomic E-state index is 12.2. The predicted octanol–water partition coefficient (Wildman–Crippen LogP) is 4.80. The van der Waals surface area contributed by atoms with Gasteiger partial charge in [-0.25, -0.2) is 9.59 Å². The molecule has 7 nitrogen and oxygen atoms in total. The van der Waals surface area contributed by atoms with Crippen LogP contribution >= 0.6 is 0 Å². The number of carbonyl (C=O) groups excluding carboxylic acids is 2. The number of nitrogens with zero attached hydrogens (tertiary/aromatic N) is 1. The van der Waals surface area contributed by atoms with Gasteiger partial charge in [-0.3, -0.25) is 4.79 Å². The number of carboxylic acid groups (broad SMARTS) is 1. The molecule has 0 aliphatic heterocycles. The molecule has 0 heterocycles. The summed E-state index contributed by atoms with van der Waals surface area (Å²) in [4.78, 5) is 36.4. The number of carboxylic acids is 1. The van der Waals surface area contributed by atoms with Crippen molar-refractivity contribution < 1.29 is 24.2 Å². The van der Waals surface area contributed by atoms with Gasteiger partial charge in [0.05, 0.1) is 0 Å². The van der Waals surface area contributed by atoms with Crippen molar-refractivity contribution in [3.05, 3.63) is 59.7 Å². The molecule has 7 heteroatoms. The van der Waals surface area contributed by atoms with Crippen LogP contribution in [0.15, 0.2) is 48.5 Å². The number of unbranched alkanes of at least 4 members (excludes halogenated alkanes) is 4. The fraction of sp³-hybridized carbons (Fsp3) is 0.444. The molecule has 3 rings (SSSR count). The summed E-state index contributed by atoms with van der Waals surface area (Å²) in [6, 6.07) is 15.7. The first-order valence-corrected chi connectivity index (χ1v) is 12.0. The topological polar surface area (TPSA) is 95.9 Å². The van der Waals surface area contributed by atoms with Crippen molar-refractivity contribution in [2.45, 2.75) is 57.4 Å². The zero-order valence-corrected chi connectivity index (χ0v) is 20.0. The van der Waals surface area contributed by atoms with Gasteiger partial charge in [0.1, 0.15) is 12.6 Å². The lowest BCUT2D eigenvalue weighted by Gasteiger charge is -2.21. The zero-order chi connectivity index (χ0) is 24.5. The Kier molecular flexibility index (Phi) is 9.08. The second-order valence-electron chi connectivity index (χ2n) is 8.79. The SMILES string of the molecule is CC(C(=O)O)N(C)C(=O)CCCCCCCNC(=O)OCC1c2ccccc2-c2ccccc21. The smallest absolute Gasteiger partial charge is 0.407 e. The predicted molar refractivity (Wildman–Crippen MR) is 131 cm³/mol. The van der Waals surface area contributed by atoms with Gasteiger partial charge in [0.15, 0.2) is 0 Å². The number of benzene rings is 2. The van der Waals surface area contributed by atoms with Gasteiger partial charge in [-0.05, 0) is 42.0 Å². The van der Waals surface area contributed by atoms with Crippen LogP contribution in [0.4, 0.5) is 4.79 Å². The molecule has 182 valence electrons. The van der Waals surface area contributed by atoms with Crippen LogP contribution in [0.25, 0.3) is 11.1 Å². The Hall–Kier alpha value is -3.35. The molecule has 0 radical (unpaired) electrons. The average Bonchev–Trinajstić information content (AvgIpc) is 3.16. The third-order valence-corrected chi connectivity index (χ3v) is 6.51. The summed E-state index contributed by atoms with van der Waals surface area (Å²) in [5.41, 5.74) is 4.80. The Labute approximate surface area is 201 Å². The molecule has 1 aliphatic carbocycles. The van der Waals surface area contributed by atoms with Crippen LogP contribution in [0.3, 0.4) is 0 Å². The largest absolute Gasteiger partial charge is 0.480 e. The number of amides is 2.